The van der Waals surface area contributed by atoms with Crippen molar-refractivity contribution in [3.05, 3.63) is 111 Å². The van der Waals surface area contributed by atoms with Crippen LogP contribution in [0.25, 0.3) is 43.8 Å². The molecule has 382 valence electrons. The zero-order chi connectivity index (χ0) is 52.0. The largest absolute Gasteiger partial charge is 0.493 e. The molecular formula is C54H58Cl2FN9O7. The van der Waals surface area contributed by atoms with Gasteiger partial charge in [0.1, 0.15) is 46.8 Å². The van der Waals surface area contributed by atoms with Crippen LogP contribution >= 0.6 is 23.2 Å². The van der Waals surface area contributed by atoms with Crippen LogP contribution in [0.4, 0.5) is 4.39 Å². The van der Waals surface area contributed by atoms with Gasteiger partial charge in [-0.1, -0.05) is 41.4 Å². The van der Waals surface area contributed by atoms with Crippen LogP contribution < -0.4 is 15.4 Å². The number of aromatic nitrogens is 5. The van der Waals surface area contributed by atoms with Crippen molar-refractivity contribution in [2.45, 2.75) is 92.0 Å². The molecule has 0 spiro atoms. The molecule has 5 heterocycles. The fourth-order valence-corrected chi connectivity index (χ4v) is 10.6. The minimum atomic E-state index is -0.878. The number of ether oxygens (including phenoxy) is 2. The molecule has 16 nitrogen and oxygen atoms in total. The Bertz CT molecular complexity index is 3370. The Labute approximate surface area is 431 Å². The number of imidazole rings is 1. The third-order valence-corrected chi connectivity index (χ3v) is 14.4. The summed E-state index contributed by atoms with van der Waals surface area (Å²) >= 11 is 13.9. The van der Waals surface area contributed by atoms with Crippen LogP contribution in [0.1, 0.15) is 83.7 Å². The lowest BCUT2D eigenvalue weighted by Gasteiger charge is -2.35. The first kappa shape index (κ1) is 51.1. The number of nitrogens with one attached hydrogen (secondary N) is 2. The summed E-state index contributed by atoms with van der Waals surface area (Å²) in [6.07, 6.45) is 1.31. The number of piperidine rings is 1. The number of benzene rings is 4. The van der Waals surface area contributed by atoms with Gasteiger partial charge in [-0.25, -0.2) is 14.2 Å². The molecule has 2 N–H and O–H groups in total. The van der Waals surface area contributed by atoms with Gasteiger partial charge in [0.05, 0.1) is 38.9 Å². The summed E-state index contributed by atoms with van der Waals surface area (Å²) in [6, 6.07) is 16.2. The highest BCUT2D eigenvalue weighted by Crippen LogP contribution is 2.43. The van der Waals surface area contributed by atoms with Crippen molar-refractivity contribution in [3.63, 3.8) is 0 Å². The van der Waals surface area contributed by atoms with Crippen LogP contribution in [0.5, 0.6) is 5.75 Å². The van der Waals surface area contributed by atoms with Crippen LogP contribution in [0.2, 0.25) is 10.0 Å². The number of nitrogens with zero attached hydrogens (tertiary/aromatic N) is 7. The Morgan fingerprint density at radius 3 is 2.34 bits per heavy atom. The number of carbonyl (C=O) groups excluding carboxylic acids is 5. The monoisotopic (exact) mass is 1030 g/mol. The average molecular weight is 1040 g/mol. The van der Waals surface area contributed by atoms with Gasteiger partial charge in [-0.3, -0.25) is 34.1 Å². The molecule has 73 heavy (non-hydrogen) atoms. The summed E-state index contributed by atoms with van der Waals surface area (Å²) in [5.74, 6) is -1.31. The molecular weight excluding hydrogens is 977 g/mol. The van der Waals surface area contributed by atoms with E-state index in [0.29, 0.717) is 97.1 Å². The smallest absolute Gasteiger partial charge is 0.355 e. The van der Waals surface area contributed by atoms with E-state index in [4.69, 9.17) is 37.8 Å². The predicted molar refractivity (Wildman–Crippen MR) is 278 cm³/mol. The third kappa shape index (κ3) is 10.4. The molecule has 1 atom stereocenters. The third-order valence-electron chi connectivity index (χ3n) is 13.7. The van der Waals surface area contributed by atoms with Crippen molar-refractivity contribution in [3.8, 4) is 16.9 Å². The zero-order valence-electron chi connectivity index (χ0n) is 42.0. The summed E-state index contributed by atoms with van der Waals surface area (Å²) in [6.45, 7) is 14.4. The number of fused-ring (bicyclic) bond motifs is 3. The van der Waals surface area contributed by atoms with Crippen molar-refractivity contribution in [2.75, 3.05) is 39.3 Å². The van der Waals surface area contributed by atoms with E-state index >= 15 is 0 Å². The van der Waals surface area contributed by atoms with Gasteiger partial charge >= 0.3 is 5.97 Å². The first-order valence-electron chi connectivity index (χ1n) is 24.5. The second kappa shape index (κ2) is 20.6. The van der Waals surface area contributed by atoms with Gasteiger partial charge in [-0.2, -0.15) is 5.10 Å². The Hall–Kier alpha value is -6.82. The summed E-state index contributed by atoms with van der Waals surface area (Å²) in [5.41, 5.74) is 5.52. The molecule has 2 aliphatic rings. The first-order valence-corrected chi connectivity index (χ1v) is 25.2. The number of esters is 1. The van der Waals surface area contributed by atoms with Gasteiger partial charge in [0, 0.05) is 80.3 Å². The molecule has 9 rings (SSSR count). The van der Waals surface area contributed by atoms with Crippen LogP contribution in [0.3, 0.4) is 0 Å². The van der Waals surface area contributed by atoms with E-state index in [1.54, 1.807) is 28.5 Å². The van der Waals surface area contributed by atoms with Crippen molar-refractivity contribution >= 4 is 85.5 Å². The zero-order valence-corrected chi connectivity index (χ0v) is 43.5. The number of rotatable bonds is 14. The Morgan fingerprint density at radius 2 is 1.63 bits per heavy atom. The van der Waals surface area contributed by atoms with E-state index in [0.717, 1.165) is 49.8 Å². The van der Waals surface area contributed by atoms with E-state index in [2.05, 4.69) is 25.1 Å². The SMILES string of the molecule is Cc1nn(C)c(C)c1-c1c(Cl)ccc2c(CCCOc3cccc4cc(F)ccc34)c(C(=O)OC(C)(C)C)n(CCN3CCN(C(=O)Cn4c(C)nc5c(C(=O)NC6CCC(=O)NC6=O)ccc(Cl)c54)CC3)c12. The van der Waals surface area contributed by atoms with Crippen LogP contribution in [-0.4, -0.2) is 114 Å². The number of carbonyl (C=O) groups is 5. The Kier molecular flexibility index (Phi) is 14.4. The van der Waals surface area contributed by atoms with Crippen molar-refractivity contribution in [2.24, 2.45) is 7.05 Å². The maximum absolute atomic E-state index is 14.7. The molecule has 2 saturated heterocycles. The molecule has 4 amide bonds. The molecule has 2 aliphatic heterocycles. The number of amides is 4. The number of halogens is 3. The van der Waals surface area contributed by atoms with Gasteiger partial charge in [-0.15, -0.1) is 0 Å². The highest BCUT2D eigenvalue weighted by atomic mass is 35.5. The molecule has 0 bridgehead atoms. The highest BCUT2D eigenvalue weighted by Gasteiger charge is 2.33. The van der Waals surface area contributed by atoms with Gasteiger partial charge < -0.3 is 28.8 Å². The highest BCUT2D eigenvalue weighted by molar-refractivity contribution is 6.36. The number of piperazine rings is 1. The molecule has 0 aliphatic carbocycles. The number of aryl methyl sites for hydroxylation is 4. The molecule has 1 unspecified atom stereocenters. The van der Waals surface area contributed by atoms with Crippen molar-refractivity contribution in [1.29, 1.82) is 0 Å². The van der Waals surface area contributed by atoms with E-state index in [1.165, 1.54) is 18.2 Å². The number of hydrogen-bond acceptors (Lipinski definition) is 10. The molecule has 0 saturated carbocycles. The average Bonchev–Trinajstić information content (AvgIpc) is 3.93. The van der Waals surface area contributed by atoms with E-state index < -0.39 is 29.4 Å². The number of imide groups is 1. The van der Waals surface area contributed by atoms with Crippen molar-refractivity contribution in [1.82, 2.24) is 44.3 Å². The van der Waals surface area contributed by atoms with Crippen LogP contribution in [0, 0.1) is 26.6 Å². The second-order valence-corrected chi connectivity index (χ2v) is 20.6. The van der Waals surface area contributed by atoms with E-state index in [1.807, 2.05) is 76.7 Å². The maximum Gasteiger partial charge on any atom is 0.355 e. The summed E-state index contributed by atoms with van der Waals surface area (Å²) in [5, 5.41) is 12.9. The lowest BCUT2D eigenvalue weighted by molar-refractivity contribution is -0.135. The summed E-state index contributed by atoms with van der Waals surface area (Å²) in [7, 11) is 1.89. The molecule has 7 aromatic rings. The molecule has 4 aromatic carbocycles. The van der Waals surface area contributed by atoms with Gasteiger partial charge in [-0.05, 0) is 114 Å². The van der Waals surface area contributed by atoms with Gasteiger partial charge in [0.15, 0.2) is 0 Å². The normalized spacial score (nSPS) is 15.6. The minimum Gasteiger partial charge on any atom is -0.493 e. The Balaban J connectivity index is 0.962. The van der Waals surface area contributed by atoms with Crippen LogP contribution in [0.15, 0.2) is 60.7 Å². The first-order chi connectivity index (χ1) is 34.8. The molecule has 3 aromatic heterocycles. The van der Waals surface area contributed by atoms with Gasteiger partial charge in [0.2, 0.25) is 17.7 Å². The summed E-state index contributed by atoms with van der Waals surface area (Å²) < 4.78 is 32.2. The fourth-order valence-electron chi connectivity index (χ4n) is 10.1. The molecule has 0 radical (unpaired) electrons. The maximum atomic E-state index is 14.7. The second-order valence-electron chi connectivity index (χ2n) is 19.8. The lowest BCUT2D eigenvalue weighted by atomic mass is 9.98. The minimum absolute atomic E-state index is 0.0681. The van der Waals surface area contributed by atoms with E-state index in [-0.39, 0.29) is 42.6 Å². The van der Waals surface area contributed by atoms with Crippen molar-refractivity contribution < 1.29 is 37.8 Å². The molecule has 19 heteroatoms. The molecule has 2 fully saturated rings. The predicted octanol–water partition coefficient (Wildman–Crippen LogP) is 8.26. The number of hydrogen-bond donors (Lipinski definition) is 2. The summed E-state index contributed by atoms with van der Waals surface area (Å²) in [4.78, 5) is 75.0. The van der Waals surface area contributed by atoms with Crippen LogP contribution in [-0.2, 0) is 45.7 Å². The quantitative estimate of drug-likeness (QED) is 0.0613. The van der Waals surface area contributed by atoms with Gasteiger partial charge in [0.25, 0.3) is 5.91 Å². The topological polar surface area (TPSA) is 175 Å². The Morgan fingerprint density at radius 1 is 0.890 bits per heavy atom. The lowest BCUT2D eigenvalue weighted by Crippen LogP contribution is -2.52. The standard InChI is InChI=1S/C54H58Cl2FN9O7/c1-30-45(31(2)62(7)61-30)46-39(55)17-15-37-36(11-9-27-72-42-12-8-10-33-28-34(57)13-14-35(33)42)49(53(71)73-54(4,5)6)65(48(37)46)26-23-63-21-24-64(25-22-63)44(68)29-66-32(3)58-47-38(16-18-40(56)50(47)66)51(69)59-41-19-20-43(67)60-52(41)70/h8,10,12-18,28,41H,9,11,19-27,29H2,1-7H3,(H,59,69)(H,60,67,70). The fraction of sp³-hybridized carbons (Fsp3) is 0.389. The van der Waals surface area contributed by atoms with E-state index in [9.17, 15) is 28.4 Å².